The van der Waals surface area contributed by atoms with Gasteiger partial charge in [-0.25, -0.2) is 0 Å². The van der Waals surface area contributed by atoms with Gasteiger partial charge in [0.1, 0.15) is 0 Å². The van der Waals surface area contributed by atoms with Crippen LogP contribution in [0.5, 0.6) is 0 Å². The number of hydrogen-bond acceptors (Lipinski definition) is 3. The van der Waals surface area contributed by atoms with Gasteiger partial charge in [0, 0.05) is 24.4 Å². The monoisotopic (exact) mass is 298 g/mol. The van der Waals surface area contributed by atoms with E-state index in [1.54, 1.807) is 25.2 Å². The minimum atomic E-state index is -0.459. The van der Waals surface area contributed by atoms with Crippen molar-refractivity contribution in [2.45, 2.75) is 20.3 Å². The van der Waals surface area contributed by atoms with Crippen LogP contribution >= 0.6 is 0 Å². The summed E-state index contributed by atoms with van der Waals surface area (Å²) in [7, 11) is 1.69. The van der Waals surface area contributed by atoms with Gasteiger partial charge in [0.25, 0.3) is 5.69 Å². The molecule has 2 aromatic carbocycles. The smallest absolute Gasteiger partial charge is 0.273 e. The second kappa shape index (κ2) is 6.39. The van der Waals surface area contributed by atoms with E-state index in [9.17, 15) is 14.9 Å². The van der Waals surface area contributed by atoms with Gasteiger partial charge < -0.3 is 4.90 Å². The average molecular weight is 298 g/mol. The molecule has 1 amide bonds. The SMILES string of the molecule is Cc1cc(C)cc(N(C)C(=O)Cc2ccccc2[N+](=O)[O-])c1. The first-order valence-corrected chi connectivity index (χ1v) is 6.95. The lowest BCUT2D eigenvalue weighted by Crippen LogP contribution is -2.28. The highest BCUT2D eigenvalue weighted by atomic mass is 16.6. The fourth-order valence-corrected chi connectivity index (χ4v) is 2.41. The molecule has 114 valence electrons. The van der Waals surface area contributed by atoms with Crippen molar-refractivity contribution in [3.05, 3.63) is 69.3 Å². The minimum Gasteiger partial charge on any atom is -0.315 e. The summed E-state index contributed by atoms with van der Waals surface area (Å²) >= 11 is 0. The predicted molar refractivity (Wildman–Crippen MR) is 86.1 cm³/mol. The molecule has 0 aliphatic heterocycles. The number of likely N-dealkylation sites (N-methyl/N-ethyl adjacent to an activating group) is 1. The van der Waals surface area contributed by atoms with Crippen molar-refractivity contribution in [3.63, 3.8) is 0 Å². The molecule has 0 fully saturated rings. The maximum absolute atomic E-state index is 12.4. The number of nitro groups is 1. The Bertz CT molecular complexity index is 705. The standard InChI is InChI=1S/C17H18N2O3/c1-12-8-13(2)10-15(9-12)18(3)17(20)11-14-6-4-5-7-16(14)19(21)22/h4-10H,11H2,1-3H3. The summed E-state index contributed by atoms with van der Waals surface area (Å²) in [5, 5.41) is 11.0. The van der Waals surface area contributed by atoms with Crippen molar-refractivity contribution in [3.8, 4) is 0 Å². The highest BCUT2D eigenvalue weighted by molar-refractivity contribution is 5.94. The van der Waals surface area contributed by atoms with Crippen LogP contribution in [0.3, 0.4) is 0 Å². The number of aryl methyl sites for hydroxylation is 2. The molecular weight excluding hydrogens is 280 g/mol. The average Bonchev–Trinajstić information content (AvgIpc) is 2.45. The third-order valence-electron chi connectivity index (χ3n) is 3.50. The molecule has 0 atom stereocenters. The molecule has 0 N–H and O–H groups in total. The van der Waals surface area contributed by atoms with Gasteiger partial charge in [0.2, 0.25) is 5.91 Å². The molecule has 0 radical (unpaired) electrons. The zero-order valence-electron chi connectivity index (χ0n) is 12.9. The van der Waals surface area contributed by atoms with E-state index in [1.807, 2.05) is 32.0 Å². The molecule has 5 nitrogen and oxygen atoms in total. The zero-order chi connectivity index (χ0) is 16.3. The van der Waals surface area contributed by atoms with E-state index >= 15 is 0 Å². The Labute approximate surface area is 129 Å². The molecule has 2 rings (SSSR count). The van der Waals surface area contributed by atoms with Gasteiger partial charge in [0.05, 0.1) is 11.3 Å². The summed E-state index contributed by atoms with van der Waals surface area (Å²) in [6.45, 7) is 3.94. The van der Waals surface area contributed by atoms with E-state index in [0.717, 1.165) is 16.8 Å². The summed E-state index contributed by atoms with van der Waals surface area (Å²) in [6.07, 6.45) is 0.000638. The lowest BCUT2D eigenvalue weighted by molar-refractivity contribution is -0.385. The van der Waals surface area contributed by atoms with Crippen LogP contribution in [0.1, 0.15) is 16.7 Å². The van der Waals surface area contributed by atoms with Gasteiger partial charge in [-0.15, -0.1) is 0 Å². The first-order chi connectivity index (χ1) is 10.4. The van der Waals surface area contributed by atoms with E-state index in [4.69, 9.17) is 0 Å². The van der Waals surface area contributed by atoms with Crippen molar-refractivity contribution in [2.24, 2.45) is 0 Å². The van der Waals surface area contributed by atoms with Crippen LogP contribution in [-0.2, 0) is 11.2 Å². The van der Waals surface area contributed by atoms with Crippen LogP contribution < -0.4 is 4.90 Å². The Morgan fingerprint density at radius 2 is 1.73 bits per heavy atom. The van der Waals surface area contributed by atoms with Crippen LogP contribution in [0.2, 0.25) is 0 Å². The van der Waals surface area contributed by atoms with Crippen LogP contribution in [0.4, 0.5) is 11.4 Å². The van der Waals surface area contributed by atoms with E-state index in [2.05, 4.69) is 0 Å². The third-order valence-corrected chi connectivity index (χ3v) is 3.50. The Hall–Kier alpha value is -2.69. The normalized spacial score (nSPS) is 10.3. The summed E-state index contributed by atoms with van der Waals surface area (Å²) in [4.78, 5) is 24.5. The van der Waals surface area contributed by atoms with Crippen molar-refractivity contribution in [1.29, 1.82) is 0 Å². The summed E-state index contributed by atoms with van der Waals surface area (Å²) in [5.41, 5.74) is 3.33. The van der Waals surface area contributed by atoms with Crippen molar-refractivity contribution in [2.75, 3.05) is 11.9 Å². The number of carbonyl (C=O) groups excluding carboxylic acids is 1. The molecule has 2 aromatic rings. The summed E-state index contributed by atoms with van der Waals surface area (Å²) in [6, 6.07) is 12.2. The van der Waals surface area contributed by atoms with Gasteiger partial charge in [-0.3, -0.25) is 14.9 Å². The molecule has 0 bridgehead atoms. The van der Waals surface area contributed by atoms with Crippen LogP contribution in [0, 0.1) is 24.0 Å². The van der Waals surface area contributed by atoms with E-state index in [1.165, 1.54) is 11.0 Å². The van der Waals surface area contributed by atoms with Gasteiger partial charge in [-0.2, -0.15) is 0 Å². The summed E-state index contributed by atoms with van der Waals surface area (Å²) in [5.74, 6) is -0.181. The Balaban J connectivity index is 2.24. The number of benzene rings is 2. The molecule has 0 heterocycles. The Morgan fingerprint density at radius 1 is 1.14 bits per heavy atom. The third kappa shape index (κ3) is 3.49. The molecule has 5 heteroatoms. The number of hydrogen-bond donors (Lipinski definition) is 0. The number of para-hydroxylation sites is 1. The Morgan fingerprint density at radius 3 is 2.32 bits per heavy atom. The van der Waals surface area contributed by atoms with Gasteiger partial charge in [-0.05, 0) is 37.1 Å². The molecule has 0 aromatic heterocycles. The molecule has 22 heavy (non-hydrogen) atoms. The van der Waals surface area contributed by atoms with E-state index in [0.29, 0.717) is 5.56 Å². The highest BCUT2D eigenvalue weighted by Crippen LogP contribution is 2.22. The predicted octanol–water partition coefficient (Wildman–Crippen LogP) is 3.42. The molecule has 0 unspecified atom stereocenters. The van der Waals surface area contributed by atoms with Gasteiger partial charge in [0.15, 0.2) is 0 Å². The zero-order valence-corrected chi connectivity index (χ0v) is 12.9. The molecular formula is C17H18N2O3. The number of carbonyl (C=O) groups is 1. The minimum absolute atomic E-state index is 0.000638. The molecule has 0 aliphatic rings. The maximum Gasteiger partial charge on any atom is 0.273 e. The molecule has 0 aliphatic carbocycles. The number of amides is 1. The van der Waals surface area contributed by atoms with Crippen LogP contribution in [0.15, 0.2) is 42.5 Å². The fourth-order valence-electron chi connectivity index (χ4n) is 2.41. The first-order valence-electron chi connectivity index (χ1n) is 6.95. The number of anilines is 1. The Kier molecular flexibility index (Phi) is 4.56. The number of rotatable bonds is 4. The molecule has 0 saturated heterocycles. The fraction of sp³-hybridized carbons (Fsp3) is 0.235. The van der Waals surface area contributed by atoms with Gasteiger partial charge >= 0.3 is 0 Å². The lowest BCUT2D eigenvalue weighted by Gasteiger charge is -2.18. The van der Waals surface area contributed by atoms with Crippen molar-refractivity contribution < 1.29 is 9.72 Å². The number of nitrogens with zero attached hydrogens (tertiary/aromatic N) is 2. The second-order valence-electron chi connectivity index (χ2n) is 5.36. The quantitative estimate of drug-likeness (QED) is 0.641. The van der Waals surface area contributed by atoms with Crippen LogP contribution in [0.25, 0.3) is 0 Å². The van der Waals surface area contributed by atoms with E-state index in [-0.39, 0.29) is 18.0 Å². The molecule has 0 saturated carbocycles. The maximum atomic E-state index is 12.4. The highest BCUT2D eigenvalue weighted by Gasteiger charge is 2.18. The van der Waals surface area contributed by atoms with Gasteiger partial charge in [-0.1, -0.05) is 24.3 Å². The topological polar surface area (TPSA) is 63.5 Å². The second-order valence-corrected chi connectivity index (χ2v) is 5.36. The van der Waals surface area contributed by atoms with E-state index < -0.39 is 4.92 Å². The largest absolute Gasteiger partial charge is 0.315 e. The molecule has 0 spiro atoms. The van der Waals surface area contributed by atoms with Crippen LogP contribution in [-0.4, -0.2) is 17.9 Å². The summed E-state index contributed by atoms with van der Waals surface area (Å²) < 4.78 is 0. The first kappa shape index (κ1) is 15.7. The van der Waals surface area contributed by atoms with Crippen molar-refractivity contribution in [1.82, 2.24) is 0 Å². The number of nitro benzene ring substituents is 1. The van der Waals surface area contributed by atoms with Crippen molar-refractivity contribution >= 4 is 17.3 Å². The lowest BCUT2D eigenvalue weighted by atomic mass is 10.1.